The van der Waals surface area contributed by atoms with Crippen molar-refractivity contribution in [1.29, 1.82) is 0 Å². The van der Waals surface area contributed by atoms with Gasteiger partial charge in [0.2, 0.25) is 10.0 Å². The lowest BCUT2D eigenvalue weighted by Crippen LogP contribution is -2.35. The topological polar surface area (TPSA) is 76.7 Å². The third kappa shape index (κ3) is 3.19. The maximum absolute atomic E-state index is 13.1. The van der Waals surface area contributed by atoms with Crippen LogP contribution in [-0.2, 0) is 16.6 Å². The first-order valence-electron chi connectivity index (χ1n) is 9.11. The van der Waals surface area contributed by atoms with Crippen LogP contribution in [0.5, 0.6) is 0 Å². The summed E-state index contributed by atoms with van der Waals surface area (Å²) in [6.07, 6.45) is 4.32. The lowest BCUT2D eigenvalue weighted by atomic mass is 10.1. The average Bonchev–Trinajstić information content (AvgIpc) is 3.00. The van der Waals surface area contributed by atoms with Gasteiger partial charge in [-0.05, 0) is 43.0 Å². The number of aromatic nitrogens is 3. The van der Waals surface area contributed by atoms with Gasteiger partial charge in [0.05, 0.1) is 6.54 Å². The number of sulfonamides is 1. The molecule has 7 nitrogen and oxygen atoms in total. The SMILES string of the molecule is Cc1ccccc1Cn1nc2c(S(=O)(=O)N3CCCCC3)cccn2c1=O. The Labute approximate surface area is 157 Å². The summed E-state index contributed by atoms with van der Waals surface area (Å²) in [6, 6.07) is 10.9. The van der Waals surface area contributed by atoms with Crippen LogP contribution in [0.3, 0.4) is 0 Å². The fourth-order valence-electron chi connectivity index (χ4n) is 3.51. The molecule has 3 aromatic rings. The van der Waals surface area contributed by atoms with Crippen molar-refractivity contribution >= 4 is 15.7 Å². The van der Waals surface area contributed by atoms with Crippen molar-refractivity contribution in [3.8, 4) is 0 Å². The van der Waals surface area contributed by atoms with E-state index in [0.29, 0.717) is 19.6 Å². The molecule has 1 fully saturated rings. The van der Waals surface area contributed by atoms with Crippen molar-refractivity contribution in [3.05, 3.63) is 64.2 Å². The summed E-state index contributed by atoms with van der Waals surface area (Å²) in [5.74, 6) is 0. The van der Waals surface area contributed by atoms with Crippen molar-refractivity contribution < 1.29 is 8.42 Å². The first-order valence-corrected chi connectivity index (χ1v) is 10.6. The number of fused-ring (bicyclic) bond motifs is 1. The Hall–Kier alpha value is -2.45. The molecule has 1 aromatic carbocycles. The van der Waals surface area contributed by atoms with Crippen LogP contribution < -0.4 is 5.69 Å². The second kappa shape index (κ2) is 6.94. The van der Waals surface area contributed by atoms with Gasteiger partial charge < -0.3 is 0 Å². The molecule has 142 valence electrons. The van der Waals surface area contributed by atoms with Gasteiger partial charge in [-0.1, -0.05) is 30.7 Å². The molecule has 2 aromatic heterocycles. The van der Waals surface area contributed by atoms with Crippen LogP contribution in [-0.4, -0.2) is 40.0 Å². The smallest absolute Gasteiger partial charge is 0.249 e. The number of hydrogen-bond donors (Lipinski definition) is 0. The maximum atomic E-state index is 13.1. The Morgan fingerprint density at radius 1 is 1.04 bits per heavy atom. The van der Waals surface area contributed by atoms with Gasteiger partial charge in [0.1, 0.15) is 4.90 Å². The van der Waals surface area contributed by atoms with Crippen LogP contribution in [0.1, 0.15) is 30.4 Å². The molecule has 0 unspecified atom stereocenters. The Kier molecular flexibility index (Phi) is 4.61. The third-order valence-electron chi connectivity index (χ3n) is 5.09. The molecular formula is C19H22N4O3S. The molecule has 3 heterocycles. The molecule has 4 rings (SSSR count). The zero-order chi connectivity index (χ0) is 19.0. The quantitative estimate of drug-likeness (QED) is 0.687. The molecule has 27 heavy (non-hydrogen) atoms. The molecule has 0 atom stereocenters. The van der Waals surface area contributed by atoms with Crippen LogP contribution in [0.4, 0.5) is 0 Å². The van der Waals surface area contributed by atoms with Crippen LogP contribution in [0.25, 0.3) is 5.65 Å². The first-order chi connectivity index (χ1) is 13.0. The van der Waals surface area contributed by atoms with Crippen LogP contribution in [0.15, 0.2) is 52.3 Å². The molecular weight excluding hydrogens is 364 g/mol. The second-order valence-corrected chi connectivity index (χ2v) is 8.80. The first kappa shape index (κ1) is 17.9. The number of hydrogen-bond acceptors (Lipinski definition) is 4. The van der Waals surface area contributed by atoms with E-state index in [4.69, 9.17) is 0 Å². The molecule has 0 saturated carbocycles. The van der Waals surface area contributed by atoms with E-state index < -0.39 is 10.0 Å². The fraction of sp³-hybridized carbons (Fsp3) is 0.368. The van der Waals surface area contributed by atoms with Crippen molar-refractivity contribution in [2.45, 2.75) is 37.6 Å². The molecule has 0 bridgehead atoms. The normalized spacial score (nSPS) is 16.0. The van der Waals surface area contributed by atoms with Gasteiger partial charge in [-0.15, -0.1) is 5.10 Å². The Morgan fingerprint density at radius 2 is 1.78 bits per heavy atom. The van der Waals surface area contributed by atoms with E-state index in [1.165, 1.54) is 19.5 Å². The Morgan fingerprint density at radius 3 is 2.52 bits per heavy atom. The monoisotopic (exact) mass is 386 g/mol. The molecule has 0 aliphatic carbocycles. The van der Waals surface area contributed by atoms with Gasteiger partial charge in [-0.2, -0.15) is 4.31 Å². The number of pyridine rings is 1. The van der Waals surface area contributed by atoms with Crippen LogP contribution in [0.2, 0.25) is 0 Å². The van der Waals surface area contributed by atoms with Gasteiger partial charge in [-0.25, -0.2) is 22.3 Å². The second-order valence-electron chi connectivity index (χ2n) is 6.90. The van der Waals surface area contributed by atoms with Crippen LogP contribution >= 0.6 is 0 Å². The summed E-state index contributed by atoms with van der Waals surface area (Å²) in [7, 11) is -3.68. The molecule has 8 heteroatoms. The van der Waals surface area contributed by atoms with Gasteiger partial charge >= 0.3 is 5.69 Å². The molecule has 0 spiro atoms. The zero-order valence-electron chi connectivity index (χ0n) is 15.2. The fourth-order valence-corrected chi connectivity index (χ4v) is 5.15. The van der Waals surface area contributed by atoms with Crippen molar-refractivity contribution in [3.63, 3.8) is 0 Å². The summed E-state index contributed by atoms with van der Waals surface area (Å²) < 4.78 is 30.3. The number of rotatable bonds is 4. The lowest BCUT2D eigenvalue weighted by molar-refractivity contribution is 0.347. The Bertz CT molecular complexity index is 1140. The number of aryl methyl sites for hydroxylation is 1. The van der Waals surface area contributed by atoms with E-state index in [2.05, 4.69) is 5.10 Å². The highest BCUT2D eigenvalue weighted by atomic mass is 32.2. The minimum Gasteiger partial charge on any atom is -0.249 e. The van der Waals surface area contributed by atoms with Crippen LogP contribution in [0, 0.1) is 6.92 Å². The largest absolute Gasteiger partial charge is 0.350 e. The maximum Gasteiger partial charge on any atom is 0.350 e. The van der Waals surface area contributed by atoms with Gasteiger partial charge in [0.15, 0.2) is 5.65 Å². The number of benzene rings is 1. The molecule has 0 N–H and O–H groups in total. The standard InChI is InChI=1S/C19H22N4O3S/c1-15-8-3-4-9-16(15)14-23-19(24)22-13-7-10-17(18(22)20-23)27(25,26)21-11-5-2-6-12-21/h3-4,7-10,13H,2,5-6,11-12,14H2,1H3. The zero-order valence-corrected chi connectivity index (χ0v) is 16.0. The van der Waals surface area contributed by atoms with Crippen molar-refractivity contribution in [1.82, 2.24) is 18.5 Å². The summed E-state index contributed by atoms with van der Waals surface area (Å²) in [6.45, 7) is 3.30. The summed E-state index contributed by atoms with van der Waals surface area (Å²) in [5.41, 5.74) is 1.87. The predicted octanol–water partition coefficient (Wildman–Crippen LogP) is 2.03. The van der Waals surface area contributed by atoms with E-state index in [9.17, 15) is 13.2 Å². The lowest BCUT2D eigenvalue weighted by Gasteiger charge is -2.25. The van der Waals surface area contributed by atoms with Gasteiger partial charge in [-0.3, -0.25) is 0 Å². The predicted molar refractivity (Wildman–Crippen MR) is 102 cm³/mol. The molecule has 0 amide bonds. The van der Waals surface area contributed by atoms with Gasteiger partial charge in [0, 0.05) is 19.3 Å². The Balaban J connectivity index is 1.80. The van der Waals surface area contributed by atoms with Crippen molar-refractivity contribution in [2.75, 3.05) is 13.1 Å². The molecule has 1 aliphatic heterocycles. The minimum absolute atomic E-state index is 0.0903. The highest BCUT2D eigenvalue weighted by Crippen LogP contribution is 2.23. The number of piperidine rings is 1. The van der Waals surface area contributed by atoms with E-state index >= 15 is 0 Å². The van der Waals surface area contributed by atoms with E-state index in [-0.39, 0.29) is 16.2 Å². The number of nitrogens with zero attached hydrogens (tertiary/aromatic N) is 4. The summed E-state index contributed by atoms with van der Waals surface area (Å²) in [4.78, 5) is 12.8. The molecule has 0 radical (unpaired) electrons. The highest BCUT2D eigenvalue weighted by Gasteiger charge is 2.29. The third-order valence-corrected chi connectivity index (χ3v) is 7.01. The molecule has 1 aliphatic rings. The summed E-state index contributed by atoms with van der Waals surface area (Å²) in [5, 5.41) is 4.37. The van der Waals surface area contributed by atoms with E-state index in [1.54, 1.807) is 12.3 Å². The minimum atomic E-state index is -3.68. The average molecular weight is 386 g/mol. The van der Waals surface area contributed by atoms with Crippen molar-refractivity contribution in [2.24, 2.45) is 0 Å². The van der Waals surface area contributed by atoms with Gasteiger partial charge in [0.25, 0.3) is 0 Å². The van der Waals surface area contributed by atoms with E-state index in [0.717, 1.165) is 30.4 Å². The summed E-state index contributed by atoms with van der Waals surface area (Å²) >= 11 is 0. The molecule has 1 saturated heterocycles. The van der Waals surface area contributed by atoms with E-state index in [1.807, 2.05) is 31.2 Å². The highest BCUT2D eigenvalue weighted by molar-refractivity contribution is 7.89.